The van der Waals surface area contributed by atoms with E-state index in [1.165, 1.54) is 18.2 Å². The van der Waals surface area contributed by atoms with Crippen LogP contribution in [0.3, 0.4) is 0 Å². The predicted octanol–water partition coefficient (Wildman–Crippen LogP) is 2.27. The van der Waals surface area contributed by atoms with Gasteiger partial charge in [-0.1, -0.05) is 24.3 Å². The van der Waals surface area contributed by atoms with Gasteiger partial charge in [-0.25, -0.2) is 0 Å². The number of aryl methyl sites for hydroxylation is 1. The molecule has 0 N–H and O–H groups in total. The highest BCUT2D eigenvalue weighted by atomic mass is 16.5. The van der Waals surface area contributed by atoms with Crippen molar-refractivity contribution in [1.82, 2.24) is 0 Å². The molecule has 0 aromatic heterocycles. The van der Waals surface area contributed by atoms with Crippen molar-refractivity contribution in [3.63, 3.8) is 0 Å². The average Bonchev–Trinajstić information content (AvgIpc) is 2.97. The topological polar surface area (TPSA) is 26.3 Å². The van der Waals surface area contributed by atoms with Crippen molar-refractivity contribution in [2.45, 2.75) is 19.3 Å². The largest absolute Gasteiger partial charge is 0.469 e. The zero-order chi connectivity index (χ0) is 10.1. The molecule has 1 aliphatic rings. The van der Waals surface area contributed by atoms with E-state index < -0.39 is 0 Å². The average molecular weight is 190 g/mol. The molecule has 0 unspecified atom stereocenters. The number of carbonyl (C=O) groups excluding carboxylic acids is 1. The molecule has 0 amide bonds. The summed E-state index contributed by atoms with van der Waals surface area (Å²) in [7, 11) is 1.45. The molecule has 0 bridgehead atoms. The maximum atomic E-state index is 11.2. The van der Waals surface area contributed by atoms with Crippen molar-refractivity contribution in [3.05, 3.63) is 35.4 Å². The SMILES string of the molecule is COC(=O)[C@@H]1C[C@H]1c1ccccc1C. The van der Waals surface area contributed by atoms with Gasteiger partial charge < -0.3 is 4.74 Å². The fourth-order valence-electron chi connectivity index (χ4n) is 1.95. The monoisotopic (exact) mass is 190 g/mol. The van der Waals surface area contributed by atoms with Crippen molar-refractivity contribution in [2.24, 2.45) is 5.92 Å². The highest BCUT2D eigenvalue weighted by Gasteiger charge is 2.45. The second-order valence-electron chi connectivity index (χ2n) is 3.83. The summed E-state index contributed by atoms with van der Waals surface area (Å²) in [6.45, 7) is 2.09. The summed E-state index contributed by atoms with van der Waals surface area (Å²) in [5, 5.41) is 0. The van der Waals surface area contributed by atoms with Gasteiger partial charge in [0.05, 0.1) is 13.0 Å². The lowest BCUT2D eigenvalue weighted by Crippen LogP contribution is -2.04. The Kier molecular flexibility index (Phi) is 2.28. The number of hydrogen-bond acceptors (Lipinski definition) is 2. The molecule has 1 aromatic carbocycles. The number of methoxy groups -OCH3 is 1. The van der Waals surface area contributed by atoms with Crippen LogP contribution in [0.5, 0.6) is 0 Å². The molecule has 14 heavy (non-hydrogen) atoms. The zero-order valence-electron chi connectivity index (χ0n) is 8.49. The third-order valence-electron chi connectivity index (χ3n) is 2.88. The van der Waals surface area contributed by atoms with Gasteiger partial charge in [-0.05, 0) is 30.4 Å². The second kappa shape index (κ2) is 3.45. The van der Waals surface area contributed by atoms with E-state index in [2.05, 4.69) is 19.1 Å². The Morgan fingerprint density at radius 3 is 2.79 bits per heavy atom. The molecule has 0 spiro atoms. The summed E-state index contributed by atoms with van der Waals surface area (Å²) < 4.78 is 4.73. The number of benzene rings is 1. The number of rotatable bonds is 2. The standard InChI is InChI=1S/C12H14O2/c1-8-5-3-4-6-9(8)10-7-11(10)12(13)14-2/h3-6,10-11H,7H2,1-2H3/t10-,11+/m0/s1. The van der Waals surface area contributed by atoms with Crippen LogP contribution in [0, 0.1) is 12.8 Å². The van der Waals surface area contributed by atoms with Crippen LogP contribution in [0.2, 0.25) is 0 Å². The Labute approximate surface area is 83.9 Å². The van der Waals surface area contributed by atoms with E-state index in [4.69, 9.17) is 4.74 Å². The maximum absolute atomic E-state index is 11.2. The lowest BCUT2D eigenvalue weighted by molar-refractivity contribution is -0.142. The Bertz CT molecular complexity index is 357. The molecule has 1 aromatic rings. The van der Waals surface area contributed by atoms with Crippen molar-refractivity contribution in [1.29, 1.82) is 0 Å². The van der Waals surface area contributed by atoms with E-state index in [-0.39, 0.29) is 11.9 Å². The van der Waals surface area contributed by atoms with E-state index in [0.717, 1.165) is 6.42 Å². The quantitative estimate of drug-likeness (QED) is 0.669. The lowest BCUT2D eigenvalue weighted by Gasteiger charge is -2.03. The predicted molar refractivity (Wildman–Crippen MR) is 54.0 cm³/mol. The first-order valence-corrected chi connectivity index (χ1v) is 4.87. The Hall–Kier alpha value is -1.31. The zero-order valence-corrected chi connectivity index (χ0v) is 8.49. The van der Waals surface area contributed by atoms with Crippen LogP contribution < -0.4 is 0 Å². The highest BCUT2D eigenvalue weighted by Crippen LogP contribution is 2.48. The van der Waals surface area contributed by atoms with Crippen LogP contribution in [0.25, 0.3) is 0 Å². The molecule has 1 aliphatic carbocycles. The third kappa shape index (κ3) is 1.52. The van der Waals surface area contributed by atoms with Gasteiger partial charge in [0, 0.05) is 0 Å². The summed E-state index contributed by atoms with van der Waals surface area (Å²) in [4.78, 5) is 11.2. The first-order valence-electron chi connectivity index (χ1n) is 4.87. The first kappa shape index (κ1) is 9.25. The van der Waals surface area contributed by atoms with E-state index in [9.17, 15) is 4.79 Å². The summed E-state index contributed by atoms with van der Waals surface area (Å²) in [6.07, 6.45) is 0.942. The van der Waals surface area contributed by atoms with Crippen LogP contribution in [0.4, 0.5) is 0 Å². The van der Waals surface area contributed by atoms with E-state index in [1.807, 2.05) is 12.1 Å². The molecule has 74 valence electrons. The van der Waals surface area contributed by atoms with Crippen LogP contribution in [0.15, 0.2) is 24.3 Å². The van der Waals surface area contributed by atoms with Crippen LogP contribution >= 0.6 is 0 Å². The summed E-state index contributed by atoms with van der Waals surface area (Å²) >= 11 is 0. The Balaban J connectivity index is 2.13. The van der Waals surface area contributed by atoms with Crippen LogP contribution in [0.1, 0.15) is 23.5 Å². The fraction of sp³-hybridized carbons (Fsp3) is 0.417. The molecule has 0 heterocycles. The molecule has 2 nitrogen and oxygen atoms in total. The number of hydrogen-bond donors (Lipinski definition) is 0. The van der Waals surface area contributed by atoms with Gasteiger partial charge in [-0.3, -0.25) is 4.79 Å². The molecule has 2 rings (SSSR count). The minimum atomic E-state index is -0.0711. The minimum absolute atomic E-state index is 0.0711. The molecular formula is C12H14O2. The number of esters is 1. The third-order valence-corrected chi connectivity index (χ3v) is 2.88. The van der Waals surface area contributed by atoms with Gasteiger partial charge in [0.15, 0.2) is 0 Å². The summed E-state index contributed by atoms with van der Waals surface area (Å²) in [5.74, 6) is 0.419. The van der Waals surface area contributed by atoms with Gasteiger partial charge in [0.1, 0.15) is 0 Å². The second-order valence-corrected chi connectivity index (χ2v) is 3.83. The molecule has 1 fully saturated rings. The minimum Gasteiger partial charge on any atom is -0.469 e. The fourth-order valence-corrected chi connectivity index (χ4v) is 1.95. The van der Waals surface area contributed by atoms with Gasteiger partial charge in [0.25, 0.3) is 0 Å². The molecular weight excluding hydrogens is 176 g/mol. The first-order chi connectivity index (χ1) is 6.74. The summed E-state index contributed by atoms with van der Waals surface area (Å²) in [5.41, 5.74) is 2.56. The van der Waals surface area contributed by atoms with Crippen molar-refractivity contribution >= 4 is 5.97 Å². The summed E-state index contributed by atoms with van der Waals surface area (Å²) in [6, 6.07) is 8.23. The highest BCUT2D eigenvalue weighted by molar-refractivity contribution is 5.77. The maximum Gasteiger partial charge on any atom is 0.309 e. The molecule has 0 aliphatic heterocycles. The normalized spacial score (nSPS) is 24.4. The van der Waals surface area contributed by atoms with Crippen molar-refractivity contribution < 1.29 is 9.53 Å². The van der Waals surface area contributed by atoms with Gasteiger partial charge in [-0.15, -0.1) is 0 Å². The molecule has 2 heteroatoms. The molecule has 1 saturated carbocycles. The van der Waals surface area contributed by atoms with E-state index in [0.29, 0.717) is 5.92 Å². The van der Waals surface area contributed by atoms with Crippen molar-refractivity contribution in [3.8, 4) is 0 Å². The van der Waals surface area contributed by atoms with E-state index >= 15 is 0 Å². The molecule has 0 radical (unpaired) electrons. The number of ether oxygens (including phenoxy) is 1. The van der Waals surface area contributed by atoms with Crippen LogP contribution in [-0.4, -0.2) is 13.1 Å². The smallest absolute Gasteiger partial charge is 0.309 e. The van der Waals surface area contributed by atoms with E-state index in [1.54, 1.807) is 0 Å². The number of carbonyl (C=O) groups is 1. The van der Waals surface area contributed by atoms with Gasteiger partial charge in [0.2, 0.25) is 0 Å². The van der Waals surface area contributed by atoms with Crippen molar-refractivity contribution in [2.75, 3.05) is 7.11 Å². The Morgan fingerprint density at radius 2 is 2.14 bits per heavy atom. The van der Waals surface area contributed by atoms with Gasteiger partial charge >= 0.3 is 5.97 Å². The Morgan fingerprint density at radius 1 is 1.43 bits per heavy atom. The van der Waals surface area contributed by atoms with Crippen LogP contribution in [-0.2, 0) is 9.53 Å². The molecule has 0 saturated heterocycles. The lowest BCUT2D eigenvalue weighted by atomic mass is 10.0. The van der Waals surface area contributed by atoms with Gasteiger partial charge in [-0.2, -0.15) is 0 Å². The molecule has 2 atom stereocenters.